The number of aromatic nitrogens is 2. The van der Waals surface area contributed by atoms with Gasteiger partial charge >= 0.3 is 0 Å². The molecule has 1 aliphatic heterocycles. The molecule has 3 aromatic carbocycles. The van der Waals surface area contributed by atoms with E-state index in [1.807, 2.05) is 55.5 Å². The molecule has 1 N–H and O–H groups in total. The Labute approximate surface area is 233 Å². The van der Waals surface area contributed by atoms with E-state index < -0.39 is 15.9 Å². The standard InChI is InChI=1S/C30H27N5O4S/c1-22-10-12-26(13-11-22)32-30(36)24(20-31)18-25-21-35(27-7-3-2-4-8-27)33-29(25)23-6-5-9-28(19-23)40(37,38)34-14-16-39-17-15-34/h2-13,18-19,21H,14-17H2,1H3,(H,32,36)/b24-18-. The highest BCUT2D eigenvalue weighted by Gasteiger charge is 2.27. The molecule has 10 heteroatoms. The molecule has 0 radical (unpaired) electrons. The first-order chi connectivity index (χ1) is 19.3. The van der Waals surface area contributed by atoms with Crippen molar-refractivity contribution in [1.29, 1.82) is 5.26 Å². The van der Waals surface area contributed by atoms with Crippen LogP contribution in [0.1, 0.15) is 11.1 Å². The van der Waals surface area contributed by atoms with E-state index in [2.05, 4.69) is 5.32 Å². The lowest BCUT2D eigenvalue weighted by molar-refractivity contribution is -0.112. The third-order valence-electron chi connectivity index (χ3n) is 6.45. The van der Waals surface area contributed by atoms with Crippen molar-refractivity contribution < 1.29 is 17.9 Å². The predicted octanol–water partition coefficient (Wildman–Crippen LogP) is 4.41. The quantitative estimate of drug-likeness (QED) is 0.268. The van der Waals surface area contributed by atoms with Crippen molar-refractivity contribution in [3.8, 4) is 23.0 Å². The SMILES string of the molecule is Cc1ccc(NC(=O)/C(C#N)=C\c2cn(-c3ccccc3)nc2-c2cccc(S(=O)(=O)N3CCOCC3)c2)cc1. The van der Waals surface area contributed by atoms with Crippen LogP contribution in [-0.4, -0.2) is 54.7 Å². The topological polar surface area (TPSA) is 117 Å². The van der Waals surface area contributed by atoms with E-state index >= 15 is 0 Å². The first-order valence-corrected chi connectivity index (χ1v) is 14.1. The second-order valence-corrected chi connectivity index (χ2v) is 11.2. The van der Waals surface area contributed by atoms with Crippen LogP contribution in [-0.2, 0) is 19.6 Å². The summed E-state index contributed by atoms with van der Waals surface area (Å²) in [5.74, 6) is -0.562. The minimum absolute atomic E-state index is 0.119. The summed E-state index contributed by atoms with van der Waals surface area (Å²) in [7, 11) is -3.74. The smallest absolute Gasteiger partial charge is 0.266 e. The molecule has 0 unspecified atom stereocenters. The first-order valence-electron chi connectivity index (χ1n) is 12.7. The van der Waals surface area contributed by atoms with Crippen molar-refractivity contribution in [2.24, 2.45) is 0 Å². The summed E-state index contributed by atoms with van der Waals surface area (Å²) in [6, 6.07) is 25.2. The summed E-state index contributed by atoms with van der Waals surface area (Å²) in [6.07, 6.45) is 3.18. The molecule has 2 heterocycles. The van der Waals surface area contributed by atoms with Gasteiger partial charge in [-0.25, -0.2) is 13.1 Å². The van der Waals surface area contributed by atoms with Gasteiger partial charge in [0.15, 0.2) is 0 Å². The number of rotatable bonds is 7. The van der Waals surface area contributed by atoms with Crippen LogP contribution in [0.25, 0.3) is 23.0 Å². The summed E-state index contributed by atoms with van der Waals surface area (Å²) in [4.78, 5) is 13.1. The van der Waals surface area contributed by atoms with E-state index in [1.165, 1.54) is 10.4 Å². The van der Waals surface area contributed by atoms with E-state index in [0.29, 0.717) is 35.7 Å². The maximum atomic E-state index is 13.3. The van der Waals surface area contributed by atoms with Crippen LogP contribution in [0.4, 0.5) is 5.69 Å². The third kappa shape index (κ3) is 5.87. The zero-order valence-electron chi connectivity index (χ0n) is 21.8. The molecule has 0 atom stereocenters. The van der Waals surface area contributed by atoms with Crippen molar-refractivity contribution in [3.63, 3.8) is 0 Å². The highest BCUT2D eigenvalue weighted by molar-refractivity contribution is 7.89. The normalized spacial score (nSPS) is 14.4. The number of morpholine rings is 1. The maximum absolute atomic E-state index is 13.3. The third-order valence-corrected chi connectivity index (χ3v) is 8.35. The zero-order valence-corrected chi connectivity index (χ0v) is 22.6. The predicted molar refractivity (Wildman–Crippen MR) is 152 cm³/mol. The van der Waals surface area contributed by atoms with Gasteiger partial charge in [-0.2, -0.15) is 14.7 Å². The van der Waals surface area contributed by atoms with E-state index in [4.69, 9.17) is 9.84 Å². The van der Waals surface area contributed by atoms with Crippen LogP contribution in [0.15, 0.2) is 95.5 Å². The highest BCUT2D eigenvalue weighted by Crippen LogP contribution is 2.29. The Morgan fingerprint density at radius 3 is 2.45 bits per heavy atom. The second-order valence-electron chi connectivity index (χ2n) is 9.25. The van der Waals surface area contributed by atoms with Crippen LogP contribution < -0.4 is 5.32 Å². The van der Waals surface area contributed by atoms with Gasteiger partial charge in [0.2, 0.25) is 10.0 Å². The Balaban J connectivity index is 1.55. The molecule has 1 fully saturated rings. The summed E-state index contributed by atoms with van der Waals surface area (Å²) in [6.45, 7) is 3.20. The average molecular weight is 554 g/mol. The summed E-state index contributed by atoms with van der Waals surface area (Å²) in [5, 5.41) is 17.3. The van der Waals surface area contributed by atoms with Crippen molar-refractivity contribution in [1.82, 2.24) is 14.1 Å². The van der Waals surface area contributed by atoms with Crippen molar-refractivity contribution in [2.75, 3.05) is 31.6 Å². The van der Waals surface area contributed by atoms with Crippen LogP contribution in [0.5, 0.6) is 0 Å². The molecule has 9 nitrogen and oxygen atoms in total. The molecule has 0 saturated carbocycles. The average Bonchev–Trinajstić information content (AvgIpc) is 3.42. The molecule has 0 aliphatic carbocycles. The zero-order chi connectivity index (χ0) is 28.1. The first kappa shape index (κ1) is 27.0. The number of para-hydroxylation sites is 1. The number of hydrogen-bond acceptors (Lipinski definition) is 6. The molecule has 4 aromatic rings. The lowest BCUT2D eigenvalue weighted by atomic mass is 10.1. The molecular formula is C30H27N5O4S. The lowest BCUT2D eigenvalue weighted by Crippen LogP contribution is -2.40. The van der Waals surface area contributed by atoms with Gasteiger partial charge in [-0.05, 0) is 49.4 Å². The number of benzene rings is 3. The number of sulfonamides is 1. The largest absolute Gasteiger partial charge is 0.379 e. The molecule has 202 valence electrons. The molecule has 1 aromatic heterocycles. The Morgan fingerprint density at radius 1 is 1.02 bits per heavy atom. The Kier molecular flexibility index (Phi) is 7.89. The second kappa shape index (κ2) is 11.7. The summed E-state index contributed by atoms with van der Waals surface area (Å²) >= 11 is 0. The van der Waals surface area contributed by atoms with Gasteiger partial charge < -0.3 is 10.1 Å². The molecule has 40 heavy (non-hydrogen) atoms. The van der Waals surface area contributed by atoms with Gasteiger partial charge in [0, 0.05) is 36.1 Å². The fraction of sp³-hybridized carbons (Fsp3) is 0.167. The monoisotopic (exact) mass is 553 g/mol. The van der Waals surface area contributed by atoms with Gasteiger partial charge in [0.1, 0.15) is 17.3 Å². The fourth-order valence-corrected chi connectivity index (χ4v) is 5.76. The van der Waals surface area contributed by atoms with E-state index in [-0.39, 0.29) is 23.6 Å². The van der Waals surface area contributed by atoms with Gasteiger partial charge in [0.05, 0.1) is 23.8 Å². The highest BCUT2D eigenvalue weighted by atomic mass is 32.2. The number of carbonyl (C=O) groups is 1. The number of nitriles is 1. The van der Waals surface area contributed by atoms with Gasteiger partial charge in [-0.3, -0.25) is 4.79 Å². The molecule has 1 amide bonds. The van der Waals surface area contributed by atoms with Crippen LogP contribution in [0.2, 0.25) is 0 Å². The van der Waals surface area contributed by atoms with Crippen molar-refractivity contribution >= 4 is 27.7 Å². The molecule has 1 saturated heterocycles. The molecule has 0 spiro atoms. The van der Waals surface area contributed by atoms with Crippen LogP contribution >= 0.6 is 0 Å². The van der Waals surface area contributed by atoms with Crippen LogP contribution in [0, 0.1) is 18.3 Å². The number of nitrogens with zero attached hydrogens (tertiary/aromatic N) is 4. The minimum atomic E-state index is -3.74. The minimum Gasteiger partial charge on any atom is -0.379 e. The summed E-state index contributed by atoms with van der Waals surface area (Å²) < 4.78 is 35.0. The number of hydrogen-bond donors (Lipinski definition) is 1. The molecule has 0 bridgehead atoms. The van der Waals surface area contributed by atoms with Gasteiger partial charge in [-0.1, -0.05) is 48.0 Å². The Bertz CT molecular complexity index is 1700. The Hall–Kier alpha value is -4.56. The lowest BCUT2D eigenvalue weighted by Gasteiger charge is -2.26. The van der Waals surface area contributed by atoms with Gasteiger partial charge in [-0.15, -0.1) is 0 Å². The van der Waals surface area contributed by atoms with Crippen molar-refractivity contribution in [3.05, 3.63) is 102 Å². The number of carbonyl (C=O) groups excluding carboxylic acids is 1. The number of aryl methyl sites for hydroxylation is 1. The van der Waals surface area contributed by atoms with E-state index in [0.717, 1.165) is 11.3 Å². The molecule has 5 rings (SSSR count). The van der Waals surface area contributed by atoms with Gasteiger partial charge in [0.25, 0.3) is 5.91 Å². The number of ether oxygens (including phenoxy) is 1. The Morgan fingerprint density at radius 2 is 1.75 bits per heavy atom. The van der Waals surface area contributed by atoms with E-state index in [1.54, 1.807) is 47.3 Å². The molecular weight excluding hydrogens is 526 g/mol. The summed E-state index contributed by atoms with van der Waals surface area (Å²) in [5.41, 5.74) is 3.71. The number of anilines is 1. The van der Waals surface area contributed by atoms with E-state index in [9.17, 15) is 18.5 Å². The van der Waals surface area contributed by atoms with Crippen molar-refractivity contribution in [2.45, 2.75) is 11.8 Å². The number of amides is 1. The maximum Gasteiger partial charge on any atom is 0.266 e. The van der Waals surface area contributed by atoms with Crippen LogP contribution in [0.3, 0.4) is 0 Å². The fourth-order valence-electron chi connectivity index (χ4n) is 4.31. The molecule has 1 aliphatic rings. The number of nitrogens with one attached hydrogen (secondary N) is 1.